The number of hydrogen-bond donors (Lipinski definition) is 1. The van der Waals surface area contributed by atoms with Gasteiger partial charge >= 0.3 is 5.97 Å². The fourth-order valence-corrected chi connectivity index (χ4v) is 1.42. The van der Waals surface area contributed by atoms with E-state index in [-0.39, 0.29) is 24.5 Å². The van der Waals surface area contributed by atoms with Crippen molar-refractivity contribution in [2.24, 2.45) is 0 Å². The predicted octanol–water partition coefficient (Wildman–Crippen LogP) is 0.912. The third-order valence-electron chi connectivity index (χ3n) is 2.49. The zero-order valence-electron chi connectivity index (χ0n) is 11.3. The third kappa shape index (κ3) is 4.17. The fraction of sp³-hybridized carbons (Fsp3) is 0.385. The number of anilines is 1. The van der Waals surface area contributed by atoms with E-state index in [0.29, 0.717) is 11.4 Å². The Hall–Kier alpha value is -2.24. The van der Waals surface area contributed by atoms with Gasteiger partial charge in [-0.25, -0.2) is 4.79 Å². The molecule has 1 amide bonds. The highest BCUT2D eigenvalue weighted by atomic mass is 16.5. The molecule has 0 bridgehead atoms. The first kappa shape index (κ1) is 14.8. The zero-order chi connectivity index (χ0) is 14.4. The van der Waals surface area contributed by atoms with E-state index in [0.717, 1.165) is 0 Å². The van der Waals surface area contributed by atoms with Crippen LogP contribution < -0.4 is 10.5 Å². The molecule has 1 rings (SSSR count). The van der Waals surface area contributed by atoms with Gasteiger partial charge in [0.2, 0.25) is 5.91 Å². The Kier molecular flexibility index (Phi) is 5.17. The Balaban J connectivity index is 2.63. The Labute approximate surface area is 112 Å². The number of amides is 1. The van der Waals surface area contributed by atoms with Crippen molar-refractivity contribution in [1.82, 2.24) is 4.90 Å². The molecule has 0 aliphatic heterocycles. The number of rotatable bonds is 5. The van der Waals surface area contributed by atoms with Crippen LogP contribution in [0.4, 0.5) is 5.69 Å². The minimum atomic E-state index is -0.560. The van der Waals surface area contributed by atoms with Gasteiger partial charge in [-0.3, -0.25) is 4.79 Å². The topological polar surface area (TPSA) is 81.9 Å². The van der Waals surface area contributed by atoms with Gasteiger partial charge < -0.3 is 20.1 Å². The number of nitrogens with zero attached hydrogens (tertiary/aromatic N) is 1. The van der Waals surface area contributed by atoms with Crippen LogP contribution in [0.25, 0.3) is 0 Å². The maximum atomic E-state index is 11.8. The molecule has 0 aliphatic carbocycles. The third-order valence-corrected chi connectivity index (χ3v) is 2.49. The van der Waals surface area contributed by atoms with Crippen molar-refractivity contribution in [2.45, 2.75) is 6.42 Å². The normalized spacial score (nSPS) is 9.84. The van der Waals surface area contributed by atoms with Gasteiger partial charge in [-0.05, 0) is 18.2 Å². The number of carbonyl (C=O) groups excluding carboxylic acids is 2. The number of methoxy groups -OCH3 is 1. The van der Waals surface area contributed by atoms with Gasteiger partial charge in [-0.2, -0.15) is 0 Å². The average Bonchev–Trinajstić information content (AvgIpc) is 2.38. The summed E-state index contributed by atoms with van der Waals surface area (Å²) >= 11 is 0. The van der Waals surface area contributed by atoms with Crippen molar-refractivity contribution < 1.29 is 19.1 Å². The minimum Gasteiger partial charge on any atom is -0.496 e. The molecule has 0 atom stereocenters. The number of hydrogen-bond acceptors (Lipinski definition) is 5. The lowest BCUT2D eigenvalue weighted by Crippen LogP contribution is -2.23. The van der Waals surface area contributed by atoms with Crippen LogP contribution in [0.1, 0.15) is 16.8 Å². The second-order valence-electron chi connectivity index (χ2n) is 4.13. The van der Waals surface area contributed by atoms with Crippen LogP contribution in [0.5, 0.6) is 5.75 Å². The molecule has 0 radical (unpaired) electrons. The van der Waals surface area contributed by atoms with Crippen LogP contribution in [-0.2, 0) is 9.53 Å². The van der Waals surface area contributed by atoms with Gasteiger partial charge in [-0.15, -0.1) is 0 Å². The summed E-state index contributed by atoms with van der Waals surface area (Å²) in [6.45, 7) is 0.0216. The molecule has 6 heteroatoms. The second kappa shape index (κ2) is 6.63. The largest absolute Gasteiger partial charge is 0.496 e. The molecule has 19 heavy (non-hydrogen) atoms. The van der Waals surface area contributed by atoms with E-state index in [9.17, 15) is 9.59 Å². The molecule has 6 nitrogen and oxygen atoms in total. The Morgan fingerprint density at radius 1 is 1.32 bits per heavy atom. The summed E-state index contributed by atoms with van der Waals surface area (Å²) < 4.78 is 10.1. The average molecular weight is 266 g/mol. The van der Waals surface area contributed by atoms with E-state index in [1.807, 2.05) is 0 Å². The molecule has 1 aromatic carbocycles. The summed E-state index contributed by atoms with van der Waals surface area (Å²) in [7, 11) is 4.74. The first-order chi connectivity index (χ1) is 8.95. The van der Waals surface area contributed by atoms with Crippen LogP contribution in [-0.4, -0.2) is 44.6 Å². The summed E-state index contributed by atoms with van der Waals surface area (Å²) in [6.07, 6.45) is 0.142. The monoisotopic (exact) mass is 266 g/mol. The molecule has 0 saturated carbocycles. The quantitative estimate of drug-likeness (QED) is 0.633. The van der Waals surface area contributed by atoms with Gasteiger partial charge in [0.05, 0.1) is 13.5 Å². The van der Waals surface area contributed by atoms with Crippen LogP contribution >= 0.6 is 0 Å². The SMILES string of the molecule is COc1ccc(N)cc1C(=O)OCCC(=O)N(C)C. The number of carbonyl (C=O) groups is 2. The lowest BCUT2D eigenvalue weighted by molar-refractivity contribution is -0.129. The van der Waals surface area contributed by atoms with Crippen LogP contribution in [0.15, 0.2) is 18.2 Å². The lowest BCUT2D eigenvalue weighted by Gasteiger charge is -2.11. The maximum absolute atomic E-state index is 11.8. The molecule has 1 aromatic rings. The molecule has 0 unspecified atom stereocenters. The highest BCUT2D eigenvalue weighted by Gasteiger charge is 2.15. The molecular weight excluding hydrogens is 248 g/mol. The molecule has 0 fully saturated rings. The van der Waals surface area contributed by atoms with Crippen LogP contribution in [0.2, 0.25) is 0 Å². The highest BCUT2D eigenvalue weighted by molar-refractivity contribution is 5.93. The molecule has 0 spiro atoms. The van der Waals surface area contributed by atoms with Crippen molar-refractivity contribution >= 4 is 17.6 Å². The number of benzene rings is 1. The molecular formula is C13H18N2O4. The second-order valence-corrected chi connectivity index (χ2v) is 4.13. The summed E-state index contributed by atoms with van der Waals surface area (Å²) in [6, 6.07) is 4.71. The molecule has 0 aromatic heterocycles. The fourth-order valence-electron chi connectivity index (χ4n) is 1.42. The van der Waals surface area contributed by atoms with Gasteiger partial charge in [0, 0.05) is 19.8 Å². The standard InChI is InChI=1S/C13H18N2O4/c1-15(2)12(16)6-7-19-13(17)10-8-9(14)4-5-11(10)18-3/h4-5,8H,6-7,14H2,1-3H3. The smallest absolute Gasteiger partial charge is 0.342 e. The first-order valence-electron chi connectivity index (χ1n) is 5.76. The van der Waals surface area contributed by atoms with Crippen molar-refractivity contribution in [2.75, 3.05) is 33.5 Å². The Morgan fingerprint density at radius 3 is 2.58 bits per heavy atom. The van der Waals surface area contributed by atoms with Gasteiger partial charge in [0.25, 0.3) is 0 Å². The molecule has 0 saturated heterocycles. The molecule has 0 aliphatic rings. The van der Waals surface area contributed by atoms with Gasteiger partial charge in [0.1, 0.15) is 17.9 Å². The summed E-state index contributed by atoms with van der Waals surface area (Å²) in [5.74, 6) is -0.277. The van der Waals surface area contributed by atoms with E-state index >= 15 is 0 Å². The lowest BCUT2D eigenvalue weighted by atomic mass is 10.2. The predicted molar refractivity (Wildman–Crippen MR) is 71.0 cm³/mol. The van der Waals surface area contributed by atoms with Gasteiger partial charge in [-0.1, -0.05) is 0 Å². The van der Waals surface area contributed by atoms with E-state index < -0.39 is 5.97 Å². The Bertz CT molecular complexity index is 472. The van der Waals surface area contributed by atoms with E-state index in [1.165, 1.54) is 18.1 Å². The first-order valence-corrected chi connectivity index (χ1v) is 5.76. The summed E-state index contributed by atoms with van der Waals surface area (Å²) in [4.78, 5) is 24.6. The number of nitrogen functional groups attached to an aromatic ring is 1. The van der Waals surface area contributed by atoms with Gasteiger partial charge in [0.15, 0.2) is 0 Å². The van der Waals surface area contributed by atoms with Crippen LogP contribution in [0.3, 0.4) is 0 Å². The molecule has 0 heterocycles. The Morgan fingerprint density at radius 2 is 2.00 bits per heavy atom. The maximum Gasteiger partial charge on any atom is 0.342 e. The summed E-state index contributed by atoms with van der Waals surface area (Å²) in [5.41, 5.74) is 6.30. The zero-order valence-corrected chi connectivity index (χ0v) is 11.3. The van der Waals surface area contributed by atoms with E-state index in [1.54, 1.807) is 26.2 Å². The summed E-state index contributed by atoms with van der Waals surface area (Å²) in [5, 5.41) is 0. The van der Waals surface area contributed by atoms with E-state index in [2.05, 4.69) is 0 Å². The van der Waals surface area contributed by atoms with Crippen molar-refractivity contribution in [3.05, 3.63) is 23.8 Å². The number of esters is 1. The highest BCUT2D eigenvalue weighted by Crippen LogP contribution is 2.21. The number of ether oxygens (including phenoxy) is 2. The van der Waals surface area contributed by atoms with Crippen molar-refractivity contribution in [1.29, 1.82) is 0 Å². The van der Waals surface area contributed by atoms with Crippen LogP contribution in [0, 0.1) is 0 Å². The molecule has 2 N–H and O–H groups in total. The van der Waals surface area contributed by atoms with Crippen molar-refractivity contribution in [3.8, 4) is 5.75 Å². The van der Waals surface area contributed by atoms with E-state index in [4.69, 9.17) is 15.2 Å². The molecule has 104 valence electrons. The minimum absolute atomic E-state index is 0.0216. The number of nitrogens with two attached hydrogens (primary N) is 1. The van der Waals surface area contributed by atoms with Crippen molar-refractivity contribution in [3.63, 3.8) is 0 Å².